The molecule has 0 bridgehead atoms. The number of H-pyrrole nitrogens is 1. The number of aromatic amines is 1. The Balaban J connectivity index is 1.40. The Labute approximate surface area is 248 Å². The molecule has 218 valence electrons. The highest BCUT2D eigenvalue weighted by molar-refractivity contribution is 5.80. The molecule has 1 N–H and O–H groups in total. The van der Waals surface area contributed by atoms with Gasteiger partial charge in [-0.3, -0.25) is 13.9 Å². The molecule has 0 aliphatic carbocycles. The van der Waals surface area contributed by atoms with E-state index in [0.717, 1.165) is 33.6 Å². The second kappa shape index (κ2) is 12.0. The van der Waals surface area contributed by atoms with Gasteiger partial charge in [0.05, 0.1) is 0 Å². The fraction of sp³-hybridized carbons (Fsp3) is 0.273. The van der Waals surface area contributed by atoms with Crippen molar-refractivity contribution in [2.75, 3.05) is 0 Å². The van der Waals surface area contributed by atoms with E-state index in [1.165, 1.54) is 4.57 Å². The van der Waals surface area contributed by atoms with Crippen LogP contribution < -0.4 is 11.2 Å². The summed E-state index contributed by atoms with van der Waals surface area (Å²) in [7, 11) is 0. The molecule has 0 aliphatic rings. The van der Waals surface area contributed by atoms with Crippen LogP contribution in [0.15, 0.2) is 88.5 Å². The van der Waals surface area contributed by atoms with Crippen molar-refractivity contribution in [1.29, 1.82) is 0 Å². The van der Waals surface area contributed by atoms with Gasteiger partial charge in [0.25, 0.3) is 5.56 Å². The van der Waals surface area contributed by atoms with E-state index < -0.39 is 0 Å². The first-order valence-corrected chi connectivity index (χ1v) is 14.6. The van der Waals surface area contributed by atoms with E-state index >= 15 is 0 Å². The number of hydrogen-bond acceptors (Lipinski definition) is 6. The number of fused-ring (bicyclic) bond motifs is 1. The fourth-order valence-electron chi connectivity index (χ4n) is 5.57. The van der Waals surface area contributed by atoms with Crippen LogP contribution in [-0.4, -0.2) is 39.3 Å². The third-order valence-electron chi connectivity index (χ3n) is 7.64. The summed E-state index contributed by atoms with van der Waals surface area (Å²) in [4.78, 5) is 32.5. The summed E-state index contributed by atoms with van der Waals surface area (Å²) >= 11 is 0. The lowest BCUT2D eigenvalue weighted by Crippen LogP contribution is -2.41. The van der Waals surface area contributed by atoms with E-state index in [9.17, 15) is 9.59 Å². The van der Waals surface area contributed by atoms with E-state index in [4.69, 9.17) is 4.98 Å². The van der Waals surface area contributed by atoms with Crippen LogP contribution in [0.3, 0.4) is 0 Å². The molecule has 0 atom stereocenters. The minimum Gasteiger partial charge on any atom is -0.318 e. The molecule has 0 unspecified atom stereocenters. The zero-order valence-corrected chi connectivity index (χ0v) is 24.6. The lowest BCUT2D eigenvalue weighted by molar-refractivity contribution is 0.486. The molecule has 3 heterocycles. The van der Waals surface area contributed by atoms with Gasteiger partial charge in [-0.25, -0.2) is 9.78 Å². The number of nitrogens with one attached hydrogen (secondary N) is 1. The minimum atomic E-state index is -0.306. The standard InChI is InChI=1S/C33H34N8O2/c1-4-28-34-31-29(32(42)39(33(43)41(31)20-22(2)3)19-18-23-10-6-5-7-11-23)40(28)21-24-14-16-25(17-15-24)26-12-8-9-13-27(26)30-35-37-38-36-30/h5-17,22H,4,18-21H2,1-3H3,(H,35,36,37,38). The Morgan fingerprint density at radius 2 is 1.53 bits per heavy atom. The van der Waals surface area contributed by atoms with Crippen LogP contribution in [0.25, 0.3) is 33.7 Å². The number of hydrogen-bond donors (Lipinski definition) is 1. The van der Waals surface area contributed by atoms with Gasteiger partial charge < -0.3 is 4.57 Å². The third kappa shape index (κ3) is 5.55. The van der Waals surface area contributed by atoms with Crippen LogP contribution in [0.2, 0.25) is 0 Å². The second-order valence-corrected chi connectivity index (χ2v) is 11.1. The molecule has 3 aromatic carbocycles. The van der Waals surface area contributed by atoms with Crippen LogP contribution in [0.5, 0.6) is 0 Å². The molecule has 3 aromatic heterocycles. The first-order chi connectivity index (χ1) is 20.9. The number of aryl methyl sites for hydroxylation is 2. The number of rotatable bonds is 10. The van der Waals surface area contributed by atoms with Gasteiger partial charge in [0.15, 0.2) is 11.2 Å². The fourth-order valence-corrected chi connectivity index (χ4v) is 5.57. The van der Waals surface area contributed by atoms with Gasteiger partial charge in [-0.2, -0.15) is 5.21 Å². The third-order valence-corrected chi connectivity index (χ3v) is 7.64. The van der Waals surface area contributed by atoms with Crippen molar-refractivity contribution >= 4 is 11.2 Å². The summed E-state index contributed by atoms with van der Waals surface area (Å²) in [6.45, 7) is 7.39. The molecule has 0 fully saturated rings. The normalized spacial score (nSPS) is 11.5. The molecule has 0 amide bonds. The first kappa shape index (κ1) is 28.0. The maximum atomic E-state index is 14.0. The number of nitrogens with zero attached hydrogens (tertiary/aromatic N) is 7. The van der Waals surface area contributed by atoms with Crippen molar-refractivity contribution in [2.45, 2.75) is 53.2 Å². The molecule has 10 nitrogen and oxygen atoms in total. The van der Waals surface area contributed by atoms with Crippen LogP contribution in [0.1, 0.15) is 37.7 Å². The van der Waals surface area contributed by atoms with E-state index in [1.54, 1.807) is 4.57 Å². The van der Waals surface area contributed by atoms with Gasteiger partial charge in [-0.05, 0) is 39.8 Å². The quantitative estimate of drug-likeness (QED) is 0.253. The summed E-state index contributed by atoms with van der Waals surface area (Å²) in [6.07, 6.45) is 1.22. The summed E-state index contributed by atoms with van der Waals surface area (Å²) < 4.78 is 5.04. The molecule has 0 saturated carbocycles. The molecule has 0 aliphatic heterocycles. The Bertz CT molecular complexity index is 1970. The van der Waals surface area contributed by atoms with Crippen molar-refractivity contribution in [3.05, 3.63) is 117 Å². The largest absolute Gasteiger partial charge is 0.332 e. The molecule has 0 spiro atoms. The zero-order valence-electron chi connectivity index (χ0n) is 24.6. The monoisotopic (exact) mass is 574 g/mol. The van der Waals surface area contributed by atoms with E-state index in [0.29, 0.717) is 49.5 Å². The van der Waals surface area contributed by atoms with Crippen LogP contribution in [-0.2, 0) is 32.5 Å². The summed E-state index contributed by atoms with van der Waals surface area (Å²) in [5.41, 5.74) is 5.32. The van der Waals surface area contributed by atoms with E-state index in [2.05, 4.69) is 58.7 Å². The van der Waals surface area contributed by atoms with Gasteiger partial charge in [0, 0.05) is 31.6 Å². The molecule has 6 aromatic rings. The van der Waals surface area contributed by atoms with Gasteiger partial charge in [0.1, 0.15) is 5.82 Å². The maximum Gasteiger partial charge on any atom is 0.332 e. The average molecular weight is 575 g/mol. The summed E-state index contributed by atoms with van der Waals surface area (Å²) in [5.74, 6) is 1.52. The molecule has 43 heavy (non-hydrogen) atoms. The first-order valence-electron chi connectivity index (χ1n) is 14.6. The number of imidazole rings is 1. The Kier molecular flexibility index (Phi) is 7.83. The number of tetrazole rings is 1. The molecule has 6 rings (SSSR count). The smallest absolute Gasteiger partial charge is 0.318 e. The van der Waals surface area contributed by atoms with E-state index in [1.807, 2.05) is 66.1 Å². The Morgan fingerprint density at radius 3 is 2.21 bits per heavy atom. The van der Waals surface area contributed by atoms with Crippen molar-refractivity contribution < 1.29 is 0 Å². The van der Waals surface area contributed by atoms with Crippen molar-refractivity contribution in [3.8, 4) is 22.5 Å². The summed E-state index contributed by atoms with van der Waals surface area (Å²) in [5, 5.41) is 14.5. The van der Waals surface area contributed by atoms with Crippen LogP contribution in [0, 0.1) is 5.92 Å². The molecule has 10 heteroatoms. The average Bonchev–Trinajstić information content (AvgIpc) is 3.69. The topological polar surface area (TPSA) is 116 Å². The Morgan fingerprint density at radius 1 is 0.814 bits per heavy atom. The van der Waals surface area contributed by atoms with Crippen molar-refractivity contribution in [1.82, 2.24) is 39.3 Å². The Hall–Kier alpha value is -5.12. The zero-order chi connectivity index (χ0) is 29.9. The number of benzene rings is 3. The highest BCUT2D eigenvalue weighted by Gasteiger charge is 2.22. The van der Waals surface area contributed by atoms with Gasteiger partial charge >= 0.3 is 5.69 Å². The SMILES string of the molecule is CCc1nc2c(c(=O)n(CCc3ccccc3)c(=O)n2CC(C)C)n1Cc1ccc(-c2ccccc2-c2nn[nH]n2)cc1. The second-order valence-electron chi connectivity index (χ2n) is 11.1. The predicted octanol–water partition coefficient (Wildman–Crippen LogP) is 4.72. The minimum absolute atomic E-state index is 0.207. The lowest BCUT2D eigenvalue weighted by Gasteiger charge is -2.15. The summed E-state index contributed by atoms with van der Waals surface area (Å²) in [6, 6.07) is 26.1. The lowest BCUT2D eigenvalue weighted by atomic mass is 9.98. The highest BCUT2D eigenvalue weighted by Crippen LogP contribution is 2.30. The van der Waals surface area contributed by atoms with Crippen LogP contribution in [0.4, 0.5) is 0 Å². The van der Waals surface area contributed by atoms with Gasteiger partial charge in [0.2, 0.25) is 5.82 Å². The predicted molar refractivity (Wildman–Crippen MR) is 167 cm³/mol. The molecular weight excluding hydrogens is 540 g/mol. The molecular formula is C33H34N8O2. The van der Waals surface area contributed by atoms with Crippen LogP contribution >= 0.6 is 0 Å². The molecule has 0 saturated heterocycles. The maximum absolute atomic E-state index is 14.0. The van der Waals surface area contributed by atoms with Gasteiger partial charge in [-0.1, -0.05) is 99.6 Å². The van der Waals surface area contributed by atoms with Crippen molar-refractivity contribution in [2.24, 2.45) is 5.92 Å². The van der Waals surface area contributed by atoms with E-state index in [-0.39, 0.29) is 17.2 Å². The van der Waals surface area contributed by atoms with Crippen molar-refractivity contribution in [3.63, 3.8) is 0 Å². The molecule has 0 radical (unpaired) electrons. The van der Waals surface area contributed by atoms with Gasteiger partial charge in [-0.15, -0.1) is 10.2 Å². The number of aromatic nitrogens is 8. The highest BCUT2D eigenvalue weighted by atomic mass is 16.2.